The summed E-state index contributed by atoms with van der Waals surface area (Å²) >= 11 is 1.91. The minimum Gasteiger partial charge on any atom is -0.309 e. The Bertz CT molecular complexity index is 307. The first-order valence-electron chi connectivity index (χ1n) is 7.13. The molecule has 0 saturated heterocycles. The lowest BCUT2D eigenvalue weighted by Crippen LogP contribution is -2.33. The molecule has 2 heteroatoms. The van der Waals surface area contributed by atoms with Crippen molar-refractivity contribution in [2.45, 2.75) is 52.0 Å². The molecule has 1 aromatic heterocycles. The molecule has 1 heterocycles. The Morgan fingerprint density at radius 3 is 2.82 bits per heavy atom. The fraction of sp³-hybridized carbons (Fsp3) is 0.733. The van der Waals surface area contributed by atoms with E-state index < -0.39 is 0 Å². The van der Waals surface area contributed by atoms with Crippen LogP contribution >= 0.6 is 11.3 Å². The summed E-state index contributed by atoms with van der Waals surface area (Å²) in [4.78, 5) is 1.54. The summed E-state index contributed by atoms with van der Waals surface area (Å²) in [5.41, 5.74) is 0. The van der Waals surface area contributed by atoms with Gasteiger partial charge in [0.25, 0.3) is 0 Å². The molecule has 1 aliphatic rings. The monoisotopic (exact) mass is 251 g/mol. The maximum atomic E-state index is 3.73. The van der Waals surface area contributed by atoms with Crippen molar-refractivity contribution in [3.8, 4) is 0 Å². The van der Waals surface area contributed by atoms with E-state index in [0.717, 1.165) is 18.4 Å². The molecule has 17 heavy (non-hydrogen) atoms. The Morgan fingerprint density at radius 2 is 2.18 bits per heavy atom. The van der Waals surface area contributed by atoms with E-state index in [4.69, 9.17) is 0 Å². The summed E-state index contributed by atoms with van der Waals surface area (Å²) in [7, 11) is 0. The van der Waals surface area contributed by atoms with E-state index in [0.29, 0.717) is 6.04 Å². The Labute approximate surface area is 110 Å². The second kappa shape index (κ2) is 6.55. The Kier molecular flexibility index (Phi) is 5.05. The van der Waals surface area contributed by atoms with Gasteiger partial charge in [-0.15, -0.1) is 11.3 Å². The second-order valence-corrected chi connectivity index (χ2v) is 6.15. The molecule has 2 rings (SSSR count). The van der Waals surface area contributed by atoms with E-state index in [-0.39, 0.29) is 0 Å². The Hall–Kier alpha value is -0.340. The van der Waals surface area contributed by atoms with Gasteiger partial charge in [-0.3, -0.25) is 0 Å². The smallest absolute Gasteiger partial charge is 0.0445 e. The Morgan fingerprint density at radius 1 is 1.35 bits per heavy atom. The quantitative estimate of drug-likeness (QED) is 0.805. The zero-order chi connectivity index (χ0) is 12.1. The highest BCUT2D eigenvalue weighted by Crippen LogP contribution is 2.41. The van der Waals surface area contributed by atoms with Crippen molar-refractivity contribution in [3.05, 3.63) is 22.4 Å². The normalized spacial score (nSPS) is 26.9. The minimum atomic E-state index is 0.602. The van der Waals surface area contributed by atoms with Crippen molar-refractivity contribution in [2.75, 3.05) is 6.54 Å². The molecule has 3 atom stereocenters. The van der Waals surface area contributed by atoms with Gasteiger partial charge in [0.2, 0.25) is 0 Å². The van der Waals surface area contributed by atoms with Gasteiger partial charge >= 0.3 is 0 Å². The third-order valence-electron chi connectivity index (χ3n) is 4.19. The van der Waals surface area contributed by atoms with E-state index in [1.54, 1.807) is 0 Å². The van der Waals surface area contributed by atoms with Crippen LogP contribution in [0, 0.1) is 11.8 Å². The van der Waals surface area contributed by atoms with Crippen LogP contribution in [-0.4, -0.2) is 6.54 Å². The van der Waals surface area contributed by atoms with E-state index in [1.165, 1.54) is 37.0 Å². The molecule has 0 aliphatic heterocycles. The van der Waals surface area contributed by atoms with Crippen LogP contribution < -0.4 is 5.32 Å². The van der Waals surface area contributed by atoms with E-state index in [9.17, 15) is 0 Å². The number of rotatable bonds is 5. The maximum absolute atomic E-state index is 3.73. The van der Waals surface area contributed by atoms with Gasteiger partial charge in [-0.05, 0) is 36.2 Å². The topological polar surface area (TPSA) is 12.0 Å². The third kappa shape index (κ3) is 3.11. The lowest BCUT2D eigenvalue weighted by molar-refractivity contribution is 0.178. The summed E-state index contributed by atoms with van der Waals surface area (Å²) in [6.07, 6.45) is 7.06. The summed E-state index contributed by atoms with van der Waals surface area (Å²) in [6, 6.07) is 5.10. The van der Waals surface area contributed by atoms with Crippen molar-refractivity contribution in [1.82, 2.24) is 5.32 Å². The van der Waals surface area contributed by atoms with E-state index >= 15 is 0 Å². The van der Waals surface area contributed by atoms with E-state index in [2.05, 4.69) is 36.7 Å². The standard InChI is InChI=1S/C15H25NS/c1-3-12-8-5-6-9-13(12)15(16-4-2)14-10-7-11-17-14/h7,10-13,15-16H,3-6,8-9H2,1-2H3. The molecule has 0 bridgehead atoms. The van der Waals surface area contributed by atoms with Crippen LogP contribution in [0.25, 0.3) is 0 Å². The number of thiophene rings is 1. The zero-order valence-electron chi connectivity index (χ0n) is 11.1. The van der Waals surface area contributed by atoms with Gasteiger partial charge < -0.3 is 5.32 Å². The molecule has 0 aromatic carbocycles. The van der Waals surface area contributed by atoms with Crippen molar-refractivity contribution >= 4 is 11.3 Å². The van der Waals surface area contributed by atoms with Crippen molar-refractivity contribution in [1.29, 1.82) is 0 Å². The highest BCUT2D eigenvalue weighted by molar-refractivity contribution is 7.10. The average Bonchev–Trinajstić information content (AvgIpc) is 2.89. The second-order valence-electron chi connectivity index (χ2n) is 5.17. The van der Waals surface area contributed by atoms with Gasteiger partial charge in [0.05, 0.1) is 0 Å². The molecule has 1 fully saturated rings. The molecule has 0 radical (unpaired) electrons. The van der Waals surface area contributed by atoms with Gasteiger partial charge in [0.15, 0.2) is 0 Å². The van der Waals surface area contributed by atoms with Gasteiger partial charge in [0, 0.05) is 10.9 Å². The van der Waals surface area contributed by atoms with Crippen molar-refractivity contribution in [3.63, 3.8) is 0 Å². The molecule has 1 nitrogen and oxygen atoms in total. The van der Waals surface area contributed by atoms with Crippen molar-refractivity contribution < 1.29 is 0 Å². The first kappa shape index (κ1) is 13.1. The van der Waals surface area contributed by atoms with Gasteiger partial charge in [0.1, 0.15) is 0 Å². The first-order chi connectivity index (χ1) is 8.36. The fourth-order valence-electron chi connectivity index (χ4n) is 3.33. The van der Waals surface area contributed by atoms with Gasteiger partial charge in [-0.1, -0.05) is 45.6 Å². The number of hydrogen-bond acceptors (Lipinski definition) is 2. The van der Waals surface area contributed by atoms with Crippen molar-refractivity contribution in [2.24, 2.45) is 11.8 Å². The predicted octanol–water partition coefficient (Wildman–Crippen LogP) is 4.62. The highest BCUT2D eigenvalue weighted by atomic mass is 32.1. The molecule has 1 aromatic rings. The van der Waals surface area contributed by atoms with Crippen LogP contribution in [0.15, 0.2) is 17.5 Å². The van der Waals surface area contributed by atoms with Gasteiger partial charge in [-0.25, -0.2) is 0 Å². The molecule has 1 N–H and O–H groups in total. The molecule has 1 aliphatic carbocycles. The Balaban J connectivity index is 2.13. The molecular weight excluding hydrogens is 226 g/mol. The SMILES string of the molecule is CCNC(c1cccs1)C1CCCCC1CC. The van der Waals surface area contributed by atoms with Crippen LogP contribution in [0.5, 0.6) is 0 Å². The fourth-order valence-corrected chi connectivity index (χ4v) is 4.21. The van der Waals surface area contributed by atoms with Crippen LogP contribution in [-0.2, 0) is 0 Å². The van der Waals surface area contributed by atoms with Crippen LogP contribution in [0.3, 0.4) is 0 Å². The maximum Gasteiger partial charge on any atom is 0.0445 e. The minimum absolute atomic E-state index is 0.602. The summed E-state index contributed by atoms with van der Waals surface area (Å²) < 4.78 is 0. The molecule has 3 unspecified atom stereocenters. The van der Waals surface area contributed by atoms with Gasteiger partial charge in [-0.2, -0.15) is 0 Å². The van der Waals surface area contributed by atoms with Crippen LogP contribution in [0.4, 0.5) is 0 Å². The lowest BCUT2D eigenvalue weighted by Gasteiger charge is -2.37. The summed E-state index contributed by atoms with van der Waals surface area (Å²) in [6.45, 7) is 5.67. The van der Waals surface area contributed by atoms with Crippen LogP contribution in [0.2, 0.25) is 0 Å². The molecule has 1 saturated carbocycles. The lowest BCUT2D eigenvalue weighted by atomic mass is 9.73. The first-order valence-corrected chi connectivity index (χ1v) is 8.01. The number of hydrogen-bond donors (Lipinski definition) is 1. The van der Waals surface area contributed by atoms with Crippen LogP contribution in [0.1, 0.15) is 56.9 Å². The molecule has 0 amide bonds. The molecule has 96 valence electrons. The summed E-state index contributed by atoms with van der Waals surface area (Å²) in [5, 5.41) is 5.94. The highest BCUT2D eigenvalue weighted by Gasteiger charge is 2.31. The number of nitrogens with one attached hydrogen (secondary N) is 1. The van der Waals surface area contributed by atoms with E-state index in [1.807, 2.05) is 11.3 Å². The summed E-state index contributed by atoms with van der Waals surface area (Å²) in [5.74, 6) is 1.78. The average molecular weight is 251 g/mol. The molecule has 0 spiro atoms. The third-order valence-corrected chi connectivity index (χ3v) is 5.15. The zero-order valence-corrected chi connectivity index (χ0v) is 11.9. The largest absolute Gasteiger partial charge is 0.309 e. The molecular formula is C15H25NS. The predicted molar refractivity (Wildman–Crippen MR) is 76.5 cm³/mol.